The van der Waals surface area contributed by atoms with E-state index in [2.05, 4.69) is 26.7 Å². The van der Waals surface area contributed by atoms with E-state index < -0.39 is 0 Å². The number of aryl methyl sites for hydroxylation is 1. The largest absolute Gasteiger partial charge is 0.506 e. The predicted molar refractivity (Wildman–Crippen MR) is 90.7 cm³/mol. The van der Waals surface area contributed by atoms with Crippen LogP contribution in [-0.2, 0) is 13.2 Å². The monoisotopic (exact) mass is 336 g/mol. The highest BCUT2D eigenvalue weighted by Gasteiger charge is 2.36. The highest BCUT2D eigenvalue weighted by molar-refractivity contribution is 5.40. The van der Waals surface area contributed by atoms with Gasteiger partial charge in [0.25, 0.3) is 0 Å². The Balaban J connectivity index is 1.68. The molecule has 0 bridgehead atoms. The number of likely N-dealkylation sites (N-methyl/N-ethyl adjacent to an activating group) is 1. The number of aromatic hydroxyl groups is 1. The van der Waals surface area contributed by atoms with Crippen LogP contribution in [0.25, 0.3) is 0 Å². The van der Waals surface area contributed by atoms with E-state index in [9.17, 15) is 15.3 Å². The van der Waals surface area contributed by atoms with E-state index in [0.717, 1.165) is 38.3 Å². The molecule has 1 aromatic heterocycles. The third-order valence-corrected chi connectivity index (χ3v) is 5.32. The Hall–Kier alpha value is -1.25. The van der Waals surface area contributed by atoms with E-state index in [4.69, 9.17) is 0 Å². The maximum atomic E-state index is 10.5. The van der Waals surface area contributed by atoms with Crippen LogP contribution in [0.1, 0.15) is 16.8 Å². The Labute approximate surface area is 143 Å². The number of aromatic nitrogens is 1. The zero-order chi connectivity index (χ0) is 17.3. The molecule has 0 spiro atoms. The van der Waals surface area contributed by atoms with Gasteiger partial charge >= 0.3 is 0 Å². The van der Waals surface area contributed by atoms with Crippen LogP contribution in [0.2, 0.25) is 0 Å². The van der Waals surface area contributed by atoms with Crippen molar-refractivity contribution in [3.05, 3.63) is 23.0 Å². The molecule has 3 rings (SSSR count). The van der Waals surface area contributed by atoms with Gasteiger partial charge in [0.1, 0.15) is 5.75 Å². The van der Waals surface area contributed by atoms with Crippen molar-refractivity contribution in [3.8, 4) is 5.75 Å². The van der Waals surface area contributed by atoms with Crippen molar-refractivity contribution in [2.24, 2.45) is 0 Å². The van der Waals surface area contributed by atoms with Crippen molar-refractivity contribution >= 4 is 0 Å². The second-order valence-electron chi connectivity index (χ2n) is 7.02. The van der Waals surface area contributed by atoms with Crippen LogP contribution < -0.4 is 0 Å². The molecular formula is C17H28N4O3. The molecule has 0 unspecified atom stereocenters. The summed E-state index contributed by atoms with van der Waals surface area (Å²) in [4.78, 5) is 10.9. The number of hydrogen-bond acceptors (Lipinski definition) is 7. The van der Waals surface area contributed by atoms with Gasteiger partial charge in [0.2, 0.25) is 0 Å². The summed E-state index contributed by atoms with van der Waals surface area (Å²) in [6.07, 6.45) is 1.24. The summed E-state index contributed by atoms with van der Waals surface area (Å²) in [5.74, 6) is 0.152. The summed E-state index contributed by atoms with van der Waals surface area (Å²) >= 11 is 0. The predicted octanol–water partition coefficient (Wildman–Crippen LogP) is -0.620. The Morgan fingerprint density at radius 3 is 2.58 bits per heavy atom. The fraction of sp³-hybridized carbons (Fsp3) is 0.706. The topological polar surface area (TPSA) is 83.3 Å². The molecule has 1 aromatic rings. The third-order valence-electron chi connectivity index (χ3n) is 5.32. The van der Waals surface area contributed by atoms with Crippen LogP contribution in [0.5, 0.6) is 5.75 Å². The van der Waals surface area contributed by atoms with Gasteiger partial charge in [0.05, 0.1) is 18.4 Å². The van der Waals surface area contributed by atoms with Gasteiger partial charge in [0, 0.05) is 69.2 Å². The van der Waals surface area contributed by atoms with Crippen LogP contribution in [-0.4, -0.2) is 93.5 Å². The van der Waals surface area contributed by atoms with E-state index in [-0.39, 0.29) is 24.5 Å². The number of aliphatic hydroxyl groups excluding tert-OH is 2. The number of aliphatic hydroxyl groups is 2. The number of likely N-dealkylation sites (tertiary alicyclic amines) is 1. The number of piperazine rings is 1. The number of hydrogen-bond donors (Lipinski definition) is 3. The smallest absolute Gasteiger partial charge is 0.141 e. The van der Waals surface area contributed by atoms with E-state index in [1.807, 2.05) is 0 Å². The zero-order valence-electron chi connectivity index (χ0n) is 14.5. The average molecular weight is 336 g/mol. The molecule has 0 saturated carbocycles. The molecule has 0 radical (unpaired) electrons. The highest BCUT2D eigenvalue weighted by Crippen LogP contribution is 2.28. The molecule has 2 aliphatic heterocycles. The normalized spacial score (nSPS) is 27.0. The standard InChI is InChI=1S/C17H28N4O3/c1-12-17(24)14(13(11-22)7-18-12)8-20-9-15(16(23)10-20)21-5-3-19(2)4-6-21/h7,15-16,22-24H,3-6,8-11H2,1-2H3/t15-,16-/m1/s1. The summed E-state index contributed by atoms with van der Waals surface area (Å²) in [6.45, 7) is 7.51. The first kappa shape index (κ1) is 17.6. The lowest BCUT2D eigenvalue weighted by Gasteiger charge is -2.37. The number of rotatable bonds is 4. The Bertz CT molecular complexity index is 575. The van der Waals surface area contributed by atoms with Crippen LogP contribution in [0.15, 0.2) is 6.20 Å². The van der Waals surface area contributed by atoms with E-state index in [0.29, 0.717) is 24.3 Å². The quantitative estimate of drug-likeness (QED) is 0.676. The average Bonchev–Trinajstić information content (AvgIpc) is 2.93. The molecule has 7 heteroatoms. The maximum Gasteiger partial charge on any atom is 0.141 e. The Morgan fingerprint density at radius 1 is 1.21 bits per heavy atom. The fourth-order valence-electron chi connectivity index (χ4n) is 3.71. The van der Waals surface area contributed by atoms with Crippen molar-refractivity contribution < 1.29 is 15.3 Å². The molecule has 2 aliphatic rings. The van der Waals surface area contributed by atoms with E-state index in [1.54, 1.807) is 13.1 Å². The van der Waals surface area contributed by atoms with Crippen molar-refractivity contribution in [1.29, 1.82) is 0 Å². The molecule has 2 atom stereocenters. The van der Waals surface area contributed by atoms with Crippen molar-refractivity contribution in [3.63, 3.8) is 0 Å². The fourth-order valence-corrected chi connectivity index (χ4v) is 3.71. The molecule has 0 amide bonds. The molecule has 134 valence electrons. The molecule has 7 nitrogen and oxygen atoms in total. The molecule has 3 N–H and O–H groups in total. The maximum absolute atomic E-state index is 10.5. The first-order chi connectivity index (χ1) is 11.5. The SMILES string of the molecule is Cc1ncc(CO)c(CN2C[C@@H](O)[C@H](N3CCN(C)CC3)C2)c1O. The second kappa shape index (κ2) is 7.33. The van der Waals surface area contributed by atoms with Crippen LogP contribution in [0.4, 0.5) is 0 Å². The van der Waals surface area contributed by atoms with Crippen LogP contribution >= 0.6 is 0 Å². The van der Waals surface area contributed by atoms with Gasteiger partial charge in [-0.15, -0.1) is 0 Å². The van der Waals surface area contributed by atoms with Gasteiger partial charge in [-0.2, -0.15) is 0 Å². The van der Waals surface area contributed by atoms with Gasteiger partial charge in [-0.25, -0.2) is 0 Å². The van der Waals surface area contributed by atoms with Gasteiger partial charge in [-0.3, -0.25) is 14.8 Å². The van der Waals surface area contributed by atoms with Gasteiger partial charge in [0.15, 0.2) is 0 Å². The van der Waals surface area contributed by atoms with Crippen molar-refractivity contribution in [1.82, 2.24) is 19.7 Å². The summed E-state index contributed by atoms with van der Waals surface area (Å²) in [7, 11) is 2.12. The number of pyridine rings is 1. The Kier molecular flexibility index (Phi) is 5.36. The van der Waals surface area contributed by atoms with Crippen LogP contribution in [0, 0.1) is 6.92 Å². The van der Waals surface area contributed by atoms with Crippen molar-refractivity contribution in [2.45, 2.75) is 32.2 Å². The summed E-state index contributed by atoms with van der Waals surface area (Å²) in [6, 6.07) is 0.140. The Morgan fingerprint density at radius 2 is 1.92 bits per heavy atom. The molecule has 2 fully saturated rings. The first-order valence-corrected chi connectivity index (χ1v) is 8.59. The minimum atomic E-state index is -0.379. The summed E-state index contributed by atoms with van der Waals surface area (Å²) < 4.78 is 0. The first-order valence-electron chi connectivity index (χ1n) is 8.59. The lowest BCUT2D eigenvalue weighted by atomic mass is 10.1. The lowest BCUT2D eigenvalue weighted by molar-refractivity contribution is 0.0512. The molecule has 3 heterocycles. The molecular weight excluding hydrogens is 308 g/mol. The molecule has 0 aromatic carbocycles. The van der Waals surface area contributed by atoms with E-state index >= 15 is 0 Å². The van der Waals surface area contributed by atoms with Gasteiger partial charge in [-0.1, -0.05) is 0 Å². The number of β-amino-alcohol motifs (C(OH)–C–C–N with tert-alkyl or cyclic N) is 1. The second-order valence-corrected chi connectivity index (χ2v) is 7.02. The van der Waals surface area contributed by atoms with Gasteiger partial charge < -0.3 is 20.2 Å². The minimum Gasteiger partial charge on any atom is -0.506 e. The summed E-state index contributed by atoms with van der Waals surface area (Å²) in [5.41, 5.74) is 1.93. The third kappa shape index (κ3) is 3.55. The van der Waals surface area contributed by atoms with Crippen LogP contribution in [0.3, 0.4) is 0 Å². The van der Waals surface area contributed by atoms with Crippen molar-refractivity contribution in [2.75, 3.05) is 46.3 Å². The molecule has 0 aliphatic carbocycles. The minimum absolute atomic E-state index is 0.140. The highest BCUT2D eigenvalue weighted by atomic mass is 16.3. The van der Waals surface area contributed by atoms with E-state index in [1.165, 1.54) is 0 Å². The number of nitrogens with zero attached hydrogens (tertiary/aromatic N) is 4. The lowest BCUT2D eigenvalue weighted by Crippen LogP contribution is -2.52. The molecule has 24 heavy (non-hydrogen) atoms. The summed E-state index contributed by atoms with van der Waals surface area (Å²) in [5, 5.41) is 30.3. The zero-order valence-corrected chi connectivity index (χ0v) is 14.5. The van der Waals surface area contributed by atoms with Gasteiger partial charge in [-0.05, 0) is 14.0 Å². The molecule has 2 saturated heterocycles.